The van der Waals surface area contributed by atoms with Gasteiger partial charge in [-0.15, -0.1) is 0 Å². The average molecular weight is 409 g/mol. The number of hydrogen-bond donors (Lipinski definition) is 1. The first-order chi connectivity index (χ1) is 12.8. The Morgan fingerprint density at radius 3 is 2.67 bits per heavy atom. The fraction of sp³-hybridized carbons (Fsp3) is 0.368. The molecular weight excluding hydrogens is 384 g/mol. The van der Waals surface area contributed by atoms with Crippen LogP contribution in [0.1, 0.15) is 23.6 Å². The maximum Gasteiger partial charge on any atom is 0.186 e. The van der Waals surface area contributed by atoms with Gasteiger partial charge in [-0.05, 0) is 25.1 Å². The molecule has 27 heavy (non-hydrogen) atoms. The van der Waals surface area contributed by atoms with E-state index in [9.17, 15) is 13.0 Å². The third-order valence-corrected chi connectivity index (χ3v) is 7.16. The number of methoxy groups -OCH3 is 1. The van der Waals surface area contributed by atoms with Crippen LogP contribution in [-0.4, -0.2) is 46.5 Å². The minimum atomic E-state index is -3.39. The van der Waals surface area contributed by atoms with E-state index in [1.165, 1.54) is 6.07 Å². The van der Waals surface area contributed by atoms with E-state index in [0.717, 1.165) is 36.0 Å². The van der Waals surface area contributed by atoms with Crippen molar-refractivity contribution in [3.8, 4) is 0 Å². The van der Waals surface area contributed by atoms with E-state index in [1.54, 1.807) is 30.6 Å². The maximum absolute atomic E-state index is 13.2. The molecule has 0 spiro atoms. The molecule has 0 saturated carbocycles. The number of nitrogens with zero attached hydrogens (tertiary/aromatic N) is 1. The summed E-state index contributed by atoms with van der Waals surface area (Å²) < 4.78 is 44.0. The summed E-state index contributed by atoms with van der Waals surface area (Å²) in [7, 11) is 0.0426. The van der Waals surface area contributed by atoms with E-state index in [1.807, 2.05) is 24.3 Å². The van der Waals surface area contributed by atoms with Gasteiger partial charge in [0.2, 0.25) is 0 Å². The Kier molecular flexibility index (Phi) is 6.12. The Balaban J connectivity index is 2.12. The minimum absolute atomic E-state index is 0.173. The van der Waals surface area contributed by atoms with Crippen molar-refractivity contribution in [3.05, 3.63) is 53.6 Å². The van der Waals surface area contributed by atoms with Gasteiger partial charge in [-0.2, -0.15) is 4.31 Å². The molecular formula is C19H24N2O4S2. The van der Waals surface area contributed by atoms with E-state index < -0.39 is 21.2 Å². The molecule has 1 heterocycles. The number of anilines is 1. The molecule has 6 nitrogen and oxygen atoms in total. The summed E-state index contributed by atoms with van der Waals surface area (Å²) in [5.41, 5.74) is 2.70. The SMILES string of the molecule is COCCCNC1c2ccccc2N(C)[S+]([O-])c2cc(S(C)(=O)=O)ccc21. The van der Waals surface area contributed by atoms with Crippen molar-refractivity contribution in [2.24, 2.45) is 0 Å². The van der Waals surface area contributed by atoms with Gasteiger partial charge in [0.25, 0.3) is 0 Å². The standard InChI is InChI=1S/C19H24N2O4S2/c1-21-17-8-5-4-7-15(17)19(20-11-6-12-25-2)16-10-9-14(27(3,23)24)13-18(16)26(21)22/h4-5,7-10,13,19-20H,6,11-12H2,1-3H3. The van der Waals surface area contributed by atoms with Gasteiger partial charge in [0.1, 0.15) is 11.4 Å². The molecule has 2 atom stereocenters. The van der Waals surface area contributed by atoms with Crippen LogP contribution in [0.2, 0.25) is 0 Å². The van der Waals surface area contributed by atoms with Gasteiger partial charge in [-0.3, -0.25) is 0 Å². The Bertz CT molecular complexity index is 918. The molecule has 0 aliphatic carbocycles. The molecule has 0 bridgehead atoms. The topological polar surface area (TPSA) is 81.7 Å². The maximum atomic E-state index is 13.2. The van der Waals surface area contributed by atoms with Crippen molar-refractivity contribution < 1.29 is 17.7 Å². The smallest absolute Gasteiger partial charge is 0.186 e. The van der Waals surface area contributed by atoms with E-state index in [4.69, 9.17) is 4.74 Å². The largest absolute Gasteiger partial charge is 0.588 e. The van der Waals surface area contributed by atoms with Gasteiger partial charge in [0.05, 0.1) is 23.7 Å². The summed E-state index contributed by atoms with van der Waals surface area (Å²) in [6.45, 7) is 1.36. The van der Waals surface area contributed by atoms with Gasteiger partial charge < -0.3 is 14.6 Å². The van der Waals surface area contributed by atoms with Crippen molar-refractivity contribution in [2.45, 2.75) is 22.3 Å². The number of ether oxygens (including phenoxy) is 1. The van der Waals surface area contributed by atoms with Crippen LogP contribution < -0.4 is 9.62 Å². The molecule has 2 unspecified atom stereocenters. The number of para-hydroxylation sites is 1. The number of benzene rings is 2. The highest BCUT2D eigenvalue weighted by molar-refractivity contribution is 7.93. The highest BCUT2D eigenvalue weighted by atomic mass is 32.2. The number of rotatable bonds is 6. The van der Waals surface area contributed by atoms with Gasteiger partial charge in [0, 0.05) is 37.2 Å². The predicted molar refractivity (Wildman–Crippen MR) is 107 cm³/mol. The number of sulfone groups is 1. The molecule has 146 valence electrons. The molecule has 1 N–H and O–H groups in total. The molecule has 0 saturated heterocycles. The molecule has 0 aromatic heterocycles. The van der Waals surface area contributed by atoms with E-state index in [-0.39, 0.29) is 10.9 Å². The summed E-state index contributed by atoms with van der Waals surface area (Å²) in [6, 6.07) is 12.5. The Morgan fingerprint density at radius 1 is 1.22 bits per heavy atom. The summed E-state index contributed by atoms with van der Waals surface area (Å²) >= 11 is -1.51. The number of hydrogen-bond acceptors (Lipinski definition) is 6. The van der Waals surface area contributed by atoms with Gasteiger partial charge >= 0.3 is 0 Å². The fourth-order valence-corrected chi connectivity index (χ4v) is 5.22. The lowest BCUT2D eigenvalue weighted by molar-refractivity contribution is 0.193. The highest BCUT2D eigenvalue weighted by Crippen LogP contribution is 2.40. The third kappa shape index (κ3) is 4.14. The fourth-order valence-electron chi connectivity index (χ4n) is 3.24. The zero-order chi connectivity index (χ0) is 19.6. The lowest BCUT2D eigenvalue weighted by atomic mass is 9.97. The molecule has 3 rings (SSSR count). The lowest BCUT2D eigenvalue weighted by Crippen LogP contribution is -2.26. The van der Waals surface area contributed by atoms with Crippen molar-refractivity contribution in [1.29, 1.82) is 0 Å². The van der Waals surface area contributed by atoms with Gasteiger partial charge in [0.15, 0.2) is 14.7 Å². The second-order valence-electron chi connectivity index (χ2n) is 6.51. The summed E-state index contributed by atoms with van der Waals surface area (Å²) in [5.74, 6) is 0. The van der Waals surface area contributed by atoms with Crippen LogP contribution in [0.25, 0.3) is 0 Å². The molecule has 1 aliphatic heterocycles. The highest BCUT2D eigenvalue weighted by Gasteiger charge is 2.35. The van der Waals surface area contributed by atoms with Crippen LogP contribution in [0.4, 0.5) is 5.69 Å². The minimum Gasteiger partial charge on any atom is -0.588 e. The molecule has 0 radical (unpaired) electrons. The molecule has 2 aromatic rings. The average Bonchev–Trinajstić information content (AvgIpc) is 2.73. The van der Waals surface area contributed by atoms with Crippen molar-refractivity contribution in [1.82, 2.24) is 5.32 Å². The van der Waals surface area contributed by atoms with Gasteiger partial charge in [-0.1, -0.05) is 24.3 Å². The van der Waals surface area contributed by atoms with Gasteiger partial charge in [-0.25, -0.2) is 8.42 Å². The zero-order valence-electron chi connectivity index (χ0n) is 15.6. The Labute approximate surface area is 163 Å². The molecule has 1 aliphatic rings. The van der Waals surface area contributed by atoms with Crippen LogP contribution in [0, 0.1) is 0 Å². The molecule has 8 heteroatoms. The molecule has 0 fully saturated rings. The van der Waals surface area contributed by atoms with Crippen molar-refractivity contribution in [2.75, 3.05) is 37.9 Å². The monoisotopic (exact) mass is 408 g/mol. The predicted octanol–water partition coefficient (Wildman–Crippen LogP) is 2.28. The van der Waals surface area contributed by atoms with Crippen LogP contribution in [0.5, 0.6) is 0 Å². The third-order valence-electron chi connectivity index (χ3n) is 4.62. The van der Waals surface area contributed by atoms with Crippen molar-refractivity contribution >= 4 is 26.9 Å². The van der Waals surface area contributed by atoms with E-state index >= 15 is 0 Å². The first-order valence-corrected chi connectivity index (χ1v) is 11.6. The normalized spacial score (nSPS) is 19.3. The first kappa shape index (κ1) is 20.2. The Hall–Kier alpha value is -1.58. The van der Waals surface area contributed by atoms with Crippen molar-refractivity contribution in [3.63, 3.8) is 0 Å². The van der Waals surface area contributed by atoms with Crippen LogP contribution in [0.3, 0.4) is 0 Å². The summed E-state index contributed by atoms with van der Waals surface area (Å²) in [6.07, 6.45) is 2.00. The second kappa shape index (κ2) is 8.20. The summed E-state index contributed by atoms with van der Waals surface area (Å²) in [4.78, 5) is 0.688. The van der Waals surface area contributed by atoms with E-state index in [0.29, 0.717) is 11.5 Å². The molecule has 2 aromatic carbocycles. The first-order valence-electron chi connectivity index (χ1n) is 8.65. The summed E-state index contributed by atoms with van der Waals surface area (Å²) in [5, 5.41) is 3.52. The Morgan fingerprint density at radius 2 is 1.96 bits per heavy atom. The van der Waals surface area contributed by atoms with Crippen LogP contribution in [-0.2, 0) is 25.9 Å². The quantitative estimate of drug-likeness (QED) is 0.583. The van der Waals surface area contributed by atoms with Crippen LogP contribution in [0.15, 0.2) is 52.3 Å². The van der Waals surface area contributed by atoms with Crippen LogP contribution >= 0.6 is 0 Å². The van der Waals surface area contributed by atoms with E-state index in [2.05, 4.69) is 5.32 Å². The second-order valence-corrected chi connectivity index (χ2v) is 10.0. The number of nitrogens with one attached hydrogen (secondary N) is 1. The molecule has 0 amide bonds. The number of fused-ring (bicyclic) bond motifs is 2. The zero-order valence-corrected chi connectivity index (χ0v) is 17.3. The lowest BCUT2D eigenvalue weighted by Gasteiger charge is -2.21.